The van der Waals surface area contributed by atoms with Gasteiger partial charge in [-0.2, -0.15) is 0 Å². The van der Waals surface area contributed by atoms with Crippen molar-refractivity contribution in [3.05, 3.63) is 232 Å². The second-order valence-electron chi connectivity index (χ2n) is 30.1. The maximum absolute atomic E-state index is 12.9. The van der Waals surface area contributed by atoms with Crippen LogP contribution < -0.4 is 11.1 Å². The van der Waals surface area contributed by atoms with Crippen LogP contribution in [0.2, 0.25) is 0 Å². The van der Waals surface area contributed by atoms with E-state index in [1.54, 1.807) is 0 Å². The van der Waals surface area contributed by atoms with Gasteiger partial charge in [0.1, 0.15) is 35.6 Å². The molecular formula is C83H81N5O10. The molecule has 15 atom stereocenters. The Balaban J connectivity index is 0.000000115. The lowest BCUT2D eigenvalue weighted by Crippen LogP contribution is -2.42. The van der Waals surface area contributed by atoms with E-state index >= 15 is 0 Å². The normalized spacial score (nSPS) is 32.8. The van der Waals surface area contributed by atoms with Crippen LogP contribution in [-0.4, -0.2) is 80.0 Å². The minimum Gasteiger partial charge on any atom is -0.489 e. The van der Waals surface area contributed by atoms with E-state index in [1.165, 1.54) is 50.5 Å². The van der Waals surface area contributed by atoms with Gasteiger partial charge in [-0.3, -0.25) is 43.7 Å². The molecule has 0 radical (unpaired) electrons. The summed E-state index contributed by atoms with van der Waals surface area (Å²) in [5.41, 5.74) is 14.6. The van der Waals surface area contributed by atoms with E-state index in [1.807, 2.05) is 49.3 Å². The number of ketones is 3. The van der Waals surface area contributed by atoms with Gasteiger partial charge < -0.3 is 30.4 Å². The van der Waals surface area contributed by atoms with Crippen molar-refractivity contribution in [2.24, 2.45) is 57.5 Å². The van der Waals surface area contributed by atoms with E-state index in [0.717, 1.165) is 72.0 Å². The minimum absolute atomic E-state index is 0.0219. The molecule has 9 aliphatic carbocycles. The molecule has 0 saturated heterocycles. The highest BCUT2D eigenvalue weighted by molar-refractivity contribution is 6.03. The average molecular weight is 1310 g/mol. The molecule has 3 saturated carbocycles. The first kappa shape index (κ1) is 63.1. The molecular weight excluding hydrogens is 1230 g/mol. The van der Waals surface area contributed by atoms with Crippen LogP contribution >= 0.6 is 0 Å². The van der Waals surface area contributed by atoms with Crippen molar-refractivity contribution in [2.45, 2.75) is 141 Å². The van der Waals surface area contributed by atoms with Crippen molar-refractivity contribution in [1.29, 1.82) is 0 Å². The van der Waals surface area contributed by atoms with E-state index in [0.29, 0.717) is 84.5 Å². The number of allylic oxidation sites excluding steroid dienone is 12. The molecule has 4 N–H and O–H groups in total. The summed E-state index contributed by atoms with van der Waals surface area (Å²) in [6.45, 7) is 9.07. The Labute approximate surface area is 569 Å². The molecule has 6 heterocycles. The molecule has 0 spiro atoms. The van der Waals surface area contributed by atoms with Crippen molar-refractivity contribution in [3.8, 4) is 0 Å². The molecule has 18 rings (SSSR count). The quantitative estimate of drug-likeness (QED) is 0.135. The van der Waals surface area contributed by atoms with Gasteiger partial charge in [0.2, 0.25) is 11.8 Å². The highest BCUT2D eigenvalue weighted by Gasteiger charge is 2.57. The smallest absolute Gasteiger partial charge is 0.307 e. The van der Waals surface area contributed by atoms with Crippen LogP contribution in [0.1, 0.15) is 139 Å². The van der Waals surface area contributed by atoms with Crippen LogP contribution in [0.25, 0.3) is 32.3 Å². The number of carbonyl (C=O) groups is 6. The third-order valence-corrected chi connectivity index (χ3v) is 24.8. The van der Waals surface area contributed by atoms with Gasteiger partial charge in [0.05, 0.1) is 28.6 Å². The third-order valence-electron chi connectivity index (χ3n) is 24.8. The average Bonchev–Trinajstić information content (AvgIpc) is 1.52. The number of carboxylic acids is 1. The number of rotatable bonds is 7. The molecule has 98 heavy (non-hydrogen) atoms. The van der Waals surface area contributed by atoms with E-state index < -0.39 is 23.7 Å². The molecule has 498 valence electrons. The Hall–Kier alpha value is -9.63. The summed E-state index contributed by atoms with van der Waals surface area (Å²) in [5, 5.41) is 19.6. The molecule has 3 aromatic heterocycles. The Kier molecular flexibility index (Phi) is 15.7. The lowest BCUT2D eigenvalue weighted by molar-refractivity contribution is -0.144. The van der Waals surface area contributed by atoms with E-state index in [4.69, 9.17) is 19.9 Å². The summed E-state index contributed by atoms with van der Waals surface area (Å²) in [5.74, 6) is 1.57. The summed E-state index contributed by atoms with van der Waals surface area (Å²) in [7, 11) is 0. The van der Waals surface area contributed by atoms with Crippen LogP contribution in [0.5, 0.6) is 0 Å². The SMILES string of the molecule is CC(=O)NCC1CC(=O)C2=C(C1)O[C@@H]1C(=C2)C=C[C@]2(C)[C@@H](c3cccc4cnccc34)CC[C@@H]12.C[C@]12C=CC3=CC4=C(CC(C(=O)O)CC4=O)O[C@H]3[C@@H]1CC[C@@H]2c1cccc2cnccc12.C[C@]12C=CC3=CC4=C(CC(C(N)=O)CC4=O)O[C@H]3[C@@H]1CC[C@@H]2c1cccc2cnccc12. The summed E-state index contributed by atoms with van der Waals surface area (Å²) >= 11 is 0. The number of hydrogen-bond acceptors (Lipinski definition) is 12. The summed E-state index contributed by atoms with van der Waals surface area (Å²) < 4.78 is 19.6. The van der Waals surface area contributed by atoms with Crippen molar-refractivity contribution in [1.82, 2.24) is 20.3 Å². The number of fused-ring (bicyclic) bond motifs is 12. The fourth-order valence-electron chi connectivity index (χ4n) is 19.7. The van der Waals surface area contributed by atoms with Gasteiger partial charge in [0.15, 0.2) is 17.3 Å². The fourth-order valence-corrected chi connectivity index (χ4v) is 19.7. The predicted octanol–water partition coefficient (Wildman–Crippen LogP) is 14.3. The number of aromatic nitrogens is 3. The first-order valence-electron chi connectivity index (χ1n) is 35.1. The molecule has 15 nitrogen and oxygen atoms in total. The van der Waals surface area contributed by atoms with E-state index in [-0.39, 0.29) is 82.5 Å². The molecule has 3 aromatic carbocycles. The highest BCUT2D eigenvalue weighted by atomic mass is 16.5. The van der Waals surface area contributed by atoms with Crippen LogP contribution in [-0.2, 0) is 43.0 Å². The molecule has 3 fully saturated rings. The number of Topliss-reactive ketones (excluding diaryl/α,β-unsaturated/α-hetero) is 3. The Bertz CT molecular complexity index is 4530. The number of amides is 2. The number of nitrogens with one attached hydrogen (secondary N) is 1. The number of pyridine rings is 3. The molecule has 2 amide bonds. The fraction of sp³-hybridized carbons (Fsp3) is 0.386. The van der Waals surface area contributed by atoms with Gasteiger partial charge in [0, 0.05) is 123 Å². The number of benzene rings is 3. The second-order valence-corrected chi connectivity index (χ2v) is 30.1. The molecule has 3 aliphatic heterocycles. The van der Waals surface area contributed by atoms with Crippen molar-refractivity contribution in [2.75, 3.05) is 6.54 Å². The Morgan fingerprint density at radius 1 is 0.500 bits per heavy atom. The number of aliphatic carboxylic acids is 1. The molecule has 0 bridgehead atoms. The second kappa shape index (κ2) is 24.4. The van der Waals surface area contributed by atoms with Gasteiger partial charge >= 0.3 is 5.97 Å². The zero-order valence-corrected chi connectivity index (χ0v) is 55.7. The number of primary amides is 1. The standard InChI is InChI=1S/C29H30N2O3.C27H26N2O3.C27H25NO4/c1-17(32)31-15-18-12-26(33)23-14-19-8-10-29(2)24(6-7-25(29)28(19)34-27(23)13-18)22-5-3-4-20-16-30-11-9-21(20)22;1-27-9-7-15-11-20-23(30)12-17(26(28)31)13-24(20)32-25(15)22(27)6-5-21(27)19-4-2-3-16-14-29-10-8-18(16)19;1-27-9-7-15-11-20-23(29)12-17(26(30)31)13-24(20)32-25(15)22(27)6-5-21(27)19-4-2-3-16-14-28-10-8-18(16)19/h3-5,8-11,14,16,18,24-25,28H,6-7,12-13,15H2,1-2H3,(H,31,32);2-4,7-11,14,17,21-22,25H,5-6,12-13H2,1H3,(H2,28,31);2-4,7-11,14,17,21-22,25H,5-6,12-13H2,1H3,(H,30,31)/t18?,24-,25+,28-,29-;2*17?,21-,22+,25-,27-/m111/s1. The minimum atomic E-state index is -0.928. The largest absolute Gasteiger partial charge is 0.489 e. The lowest BCUT2D eigenvalue weighted by Gasteiger charge is -2.45. The molecule has 6 aromatic rings. The Morgan fingerprint density at radius 2 is 0.867 bits per heavy atom. The monoisotopic (exact) mass is 1310 g/mol. The topological polar surface area (TPSA) is 227 Å². The van der Waals surface area contributed by atoms with E-state index in [2.05, 4.69) is 156 Å². The first-order chi connectivity index (χ1) is 47.3. The zero-order valence-electron chi connectivity index (χ0n) is 55.7. The van der Waals surface area contributed by atoms with Crippen molar-refractivity contribution >= 4 is 67.5 Å². The van der Waals surface area contributed by atoms with E-state index in [9.17, 15) is 33.9 Å². The number of ether oxygens (including phenoxy) is 3. The van der Waals surface area contributed by atoms with Crippen LogP contribution in [0.3, 0.4) is 0 Å². The highest BCUT2D eigenvalue weighted by Crippen LogP contribution is 2.64. The molecule has 12 aliphatic rings. The summed E-state index contributed by atoms with van der Waals surface area (Å²) in [6, 6.07) is 25.9. The van der Waals surface area contributed by atoms with Crippen molar-refractivity contribution in [3.63, 3.8) is 0 Å². The number of nitrogens with two attached hydrogens (primary N) is 1. The predicted molar refractivity (Wildman–Crippen MR) is 372 cm³/mol. The first-order valence-corrected chi connectivity index (χ1v) is 35.1. The Morgan fingerprint density at radius 3 is 1.24 bits per heavy atom. The van der Waals surface area contributed by atoms with Gasteiger partial charge in [-0.1, -0.05) is 112 Å². The van der Waals surface area contributed by atoms with Crippen LogP contribution in [0, 0.1) is 51.8 Å². The molecule has 3 unspecified atom stereocenters. The van der Waals surface area contributed by atoms with Gasteiger partial charge in [-0.15, -0.1) is 0 Å². The number of nitrogens with zero attached hydrogens (tertiary/aromatic N) is 3. The number of carbonyl (C=O) groups excluding carboxylic acids is 5. The maximum atomic E-state index is 12.9. The van der Waals surface area contributed by atoms with Crippen LogP contribution in [0.4, 0.5) is 0 Å². The maximum Gasteiger partial charge on any atom is 0.307 e. The summed E-state index contributed by atoms with van der Waals surface area (Å²) in [6.07, 6.45) is 39.2. The van der Waals surface area contributed by atoms with Gasteiger partial charge in [-0.25, -0.2) is 0 Å². The third kappa shape index (κ3) is 10.6. The van der Waals surface area contributed by atoms with Crippen LogP contribution in [0.15, 0.2) is 215 Å². The zero-order chi connectivity index (χ0) is 67.5. The van der Waals surface area contributed by atoms with Gasteiger partial charge in [0.25, 0.3) is 0 Å². The lowest BCUT2D eigenvalue weighted by atomic mass is 9.64. The summed E-state index contributed by atoms with van der Waals surface area (Å²) in [4.78, 5) is 85.7. The van der Waals surface area contributed by atoms with Crippen molar-refractivity contribution < 1.29 is 48.1 Å². The number of hydrogen-bond donors (Lipinski definition) is 3. The molecule has 15 heteroatoms. The van der Waals surface area contributed by atoms with Gasteiger partial charge in [-0.05, 0) is 164 Å². The number of carboxylic acid groups (broad SMARTS) is 1.